The van der Waals surface area contributed by atoms with Crippen molar-refractivity contribution in [2.45, 2.75) is 39.0 Å². The first kappa shape index (κ1) is 15.7. The van der Waals surface area contributed by atoms with E-state index in [1.807, 2.05) is 0 Å². The Labute approximate surface area is 125 Å². The first-order valence-corrected chi connectivity index (χ1v) is 9.79. The van der Waals surface area contributed by atoms with Gasteiger partial charge in [0, 0.05) is 24.8 Å². The summed E-state index contributed by atoms with van der Waals surface area (Å²) >= 11 is 1.62. The molecule has 20 heavy (non-hydrogen) atoms. The number of piperidine rings is 1. The van der Waals surface area contributed by atoms with E-state index >= 15 is 0 Å². The highest BCUT2D eigenvalue weighted by Crippen LogP contribution is 2.32. The van der Waals surface area contributed by atoms with Crippen molar-refractivity contribution in [2.75, 3.05) is 30.0 Å². The number of rotatable bonds is 3. The van der Waals surface area contributed by atoms with Crippen LogP contribution in [0.15, 0.2) is 0 Å². The molecule has 2 rings (SSSR count). The van der Waals surface area contributed by atoms with Crippen molar-refractivity contribution in [3.8, 4) is 0 Å². The second kappa shape index (κ2) is 5.60. The zero-order chi connectivity index (χ0) is 15.0. The lowest BCUT2D eigenvalue weighted by molar-refractivity contribution is 0.443. The first-order valence-electron chi connectivity index (χ1n) is 6.92. The second-order valence-electron chi connectivity index (χ2n) is 6.69. The van der Waals surface area contributed by atoms with E-state index in [9.17, 15) is 8.42 Å². The number of nitrogens with zero attached hydrogens (tertiary/aromatic N) is 3. The van der Waals surface area contributed by atoms with Crippen LogP contribution >= 0.6 is 11.3 Å². The summed E-state index contributed by atoms with van der Waals surface area (Å²) in [5.41, 5.74) is 0.0118. The molecule has 1 unspecified atom stereocenters. The second-order valence-corrected chi connectivity index (χ2v) is 9.83. The molecule has 0 spiro atoms. The molecule has 1 aliphatic heterocycles. The van der Waals surface area contributed by atoms with Gasteiger partial charge in [-0.1, -0.05) is 32.1 Å². The van der Waals surface area contributed by atoms with Gasteiger partial charge in [0.05, 0.1) is 5.75 Å². The Bertz CT molecular complexity index is 560. The SMILES string of the molecule is CC(C)(C)c1nnc(N2CCCC(CS(C)(=O)=O)C2)s1. The highest BCUT2D eigenvalue weighted by molar-refractivity contribution is 7.90. The molecule has 1 aromatic heterocycles. The van der Waals surface area contributed by atoms with E-state index in [0.29, 0.717) is 0 Å². The highest BCUT2D eigenvalue weighted by Gasteiger charge is 2.27. The van der Waals surface area contributed by atoms with Crippen LogP contribution in [0.4, 0.5) is 5.13 Å². The van der Waals surface area contributed by atoms with Crippen molar-refractivity contribution in [1.82, 2.24) is 10.2 Å². The maximum atomic E-state index is 11.4. The topological polar surface area (TPSA) is 63.2 Å². The van der Waals surface area contributed by atoms with Gasteiger partial charge in [0.2, 0.25) is 5.13 Å². The molecular weight excluding hydrogens is 294 g/mol. The zero-order valence-corrected chi connectivity index (χ0v) is 14.2. The fourth-order valence-corrected chi connectivity index (χ4v) is 4.52. The van der Waals surface area contributed by atoms with Crippen molar-refractivity contribution in [3.63, 3.8) is 0 Å². The average molecular weight is 317 g/mol. The predicted octanol–water partition coefficient (Wildman–Crippen LogP) is 2.10. The lowest BCUT2D eigenvalue weighted by atomic mass is 9.98. The molecule has 0 N–H and O–H groups in total. The van der Waals surface area contributed by atoms with E-state index in [-0.39, 0.29) is 17.1 Å². The third-order valence-corrected chi connectivity index (χ3v) is 5.87. The smallest absolute Gasteiger partial charge is 0.208 e. The van der Waals surface area contributed by atoms with Gasteiger partial charge in [-0.3, -0.25) is 0 Å². The van der Waals surface area contributed by atoms with Gasteiger partial charge in [-0.05, 0) is 18.8 Å². The Hall–Kier alpha value is -0.690. The molecule has 5 nitrogen and oxygen atoms in total. The third-order valence-electron chi connectivity index (χ3n) is 3.38. The van der Waals surface area contributed by atoms with Crippen molar-refractivity contribution in [3.05, 3.63) is 5.01 Å². The van der Waals surface area contributed by atoms with Gasteiger partial charge >= 0.3 is 0 Å². The molecule has 114 valence electrons. The van der Waals surface area contributed by atoms with Gasteiger partial charge in [0.25, 0.3) is 0 Å². The largest absolute Gasteiger partial charge is 0.346 e. The Balaban J connectivity index is 2.07. The summed E-state index contributed by atoms with van der Waals surface area (Å²) in [4.78, 5) is 2.19. The minimum absolute atomic E-state index is 0.0118. The Morgan fingerprint density at radius 2 is 2.05 bits per heavy atom. The number of anilines is 1. The summed E-state index contributed by atoms with van der Waals surface area (Å²) < 4.78 is 22.9. The molecule has 1 saturated heterocycles. The molecule has 1 fully saturated rings. The Morgan fingerprint density at radius 1 is 1.35 bits per heavy atom. The van der Waals surface area contributed by atoms with Crippen LogP contribution in [0.2, 0.25) is 0 Å². The van der Waals surface area contributed by atoms with Crippen LogP contribution in [0.1, 0.15) is 38.6 Å². The van der Waals surface area contributed by atoms with Gasteiger partial charge in [0.15, 0.2) is 0 Å². The Morgan fingerprint density at radius 3 is 2.60 bits per heavy atom. The van der Waals surface area contributed by atoms with E-state index < -0.39 is 9.84 Å². The molecule has 0 aliphatic carbocycles. The zero-order valence-electron chi connectivity index (χ0n) is 12.6. The monoisotopic (exact) mass is 317 g/mol. The highest BCUT2D eigenvalue weighted by atomic mass is 32.2. The van der Waals surface area contributed by atoms with E-state index in [1.165, 1.54) is 6.26 Å². The summed E-state index contributed by atoms with van der Waals surface area (Å²) in [6, 6.07) is 0. The molecule has 1 aliphatic rings. The fraction of sp³-hybridized carbons (Fsp3) is 0.846. The maximum Gasteiger partial charge on any atom is 0.208 e. The minimum Gasteiger partial charge on any atom is -0.346 e. The maximum absolute atomic E-state index is 11.4. The third kappa shape index (κ3) is 4.15. The molecule has 7 heteroatoms. The molecule has 1 aromatic rings. The average Bonchev–Trinajstić information content (AvgIpc) is 2.75. The summed E-state index contributed by atoms with van der Waals surface area (Å²) in [6.45, 7) is 8.09. The van der Waals surface area contributed by atoms with Crippen LogP contribution in [0, 0.1) is 5.92 Å². The summed E-state index contributed by atoms with van der Waals surface area (Å²) in [5, 5.41) is 10.5. The molecule has 1 atom stereocenters. The first-order chi connectivity index (χ1) is 9.15. The van der Waals surface area contributed by atoms with Crippen LogP contribution in [0.5, 0.6) is 0 Å². The van der Waals surface area contributed by atoms with E-state index in [4.69, 9.17) is 0 Å². The van der Waals surface area contributed by atoms with Crippen molar-refractivity contribution in [2.24, 2.45) is 5.92 Å². The number of aromatic nitrogens is 2. The van der Waals surface area contributed by atoms with Crippen LogP contribution in [0.25, 0.3) is 0 Å². The van der Waals surface area contributed by atoms with Gasteiger partial charge < -0.3 is 4.90 Å². The predicted molar refractivity (Wildman–Crippen MR) is 83.3 cm³/mol. The molecule has 0 amide bonds. The van der Waals surface area contributed by atoms with Crippen LogP contribution in [0.3, 0.4) is 0 Å². The van der Waals surface area contributed by atoms with Gasteiger partial charge in [-0.25, -0.2) is 8.42 Å². The minimum atomic E-state index is -2.91. The normalized spacial score (nSPS) is 21.2. The lowest BCUT2D eigenvalue weighted by Crippen LogP contribution is -2.38. The molecular formula is C13H23N3O2S2. The number of sulfone groups is 1. The summed E-state index contributed by atoms with van der Waals surface area (Å²) in [7, 11) is -2.91. The van der Waals surface area contributed by atoms with E-state index in [1.54, 1.807) is 11.3 Å². The number of hydrogen-bond donors (Lipinski definition) is 0. The van der Waals surface area contributed by atoms with Gasteiger partial charge in [0.1, 0.15) is 14.8 Å². The van der Waals surface area contributed by atoms with Crippen LogP contribution < -0.4 is 4.90 Å². The van der Waals surface area contributed by atoms with Crippen LogP contribution in [-0.4, -0.2) is 43.7 Å². The molecule has 0 radical (unpaired) electrons. The fourth-order valence-electron chi connectivity index (χ4n) is 2.45. The lowest BCUT2D eigenvalue weighted by Gasteiger charge is -2.31. The van der Waals surface area contributed by atoms with E-state index in [0.717, 1.165) is 36.1 Å². The molecule has 2 heterocycles. The molecule has 0 bridgehead atoms. The van der Waals surface area contributed by atoms with Crippen molar-refractivity contribution in [1.29, 1.82) is 0 Å². The quantitative estimate of drug-likeness (QED) is 0.854. The summed E-state index contributed by atoms with van der Waals surface area (Å²) in [5.74, 6) is 0.481. The van der Waals surface area contributed by atoms with E-state index in [2.05, 4.69) is 35.9 Å². The molecule has 0 aromatic carbocycles. The van der Waals surface area contributed by atoms with Gasteiger partial charge in [-0.15, -0.1) is 10.2 Å². The standard InChI is InChI=1S/C13H23N3O2S2/c1-13(2,3)11-14-15-12(19-11)16-7-5-6-10(8-16)9-20(4,17)18/h10H,5-9H2,1-4H3. The van der Waals surface area contributed by atoms with Crippen LogP contribution in [-0.2, 0) is 15.3 Å². The number of hydrogen-bond acceptors (Lipinski definition) is 6. The van der Waals surface area contributed by atoms with Gasteiger partial charge in [-0.2, -0.15) is 0 Å². The van der Waals surface area contributed by atoms with Crippen molar-refractivity contribution >= 4 is 26.3 Å². The summed E-state index contributed by atoms with van der Waals surface area (Å²) in [6.07, 6.45) is 3.31. The van der Waals surface area contributed by atoms with Crippen molar-refractivity contribution < 1.29 is 8.42 Å². The Kier molecular flexibility index (Phi) is 4.39. The molecule has 0 saturated carbocycles.